The fraction of sp³-hybridized carbons (Fsp3) is 0.450. The average molecular weight is 386 g/mol. The summed E-state index contributed by atoms with van der Waals surface area (Å²) in [5, 5.41) is 3.08. The maximum absolute atomic E-state index is 12.6. The van der Waals surface area contributed by atoms with Crippen LogP contribution in [-0.4, -0.2) is 62.8 Å². The third-order valence-electron chi connectivity index (χ3n) is 5.00. The third-order valence-corrected chi connectivity index (χ3v) is 5.00. The van der Waals surface area contributed by atoms with Crippen LogP contribution in [0.2, 0.25) is 0 Å². The molecule has 1 fully saturated rings. The van der Waals surface area contributed by atoms with E-state index in [0.29, 0.717) is 6.54 Å². The topological polar surface area (TPSA) is 81.0 Å². The molecule has 2 heterocycles. The number of rotatable bonds is 7. The van der Waals surface area contributed by atoms with Gasteiger partial charge in [-0.05, 0) is 31.2 Å². The molecule has 0 aliphatic carbocycles. The summed E-state index contributed by atoms with van der Waals surface area (Å²) in [6.45, 7) is 5.83. The van der Waals surface area contributed by atoms with Gasteiger partial charge >= 0.3 is 0 Å². The molecule has 0 radical (unpaired) electrons. The van der Waals surface area contributed by atoms with Gasteiger partial charge in [-0.3, -0.25) is 4.79 Å². The van der Waals surface area contributed by atoms with Crippen LogP contribution in [0.4, 0.5) is 5.95 Å². The van der Waals surface area contributed by atoms with Gasteiger partial charge in [0, 0.05) is 18.0 Å². The minimum atomic E-state index is -0.170. The van der Waals surface area contributed by atoms with Crippen molar-refractivity contribution in [1.82, 2.24) is 15.3 Å². The predicted octanol–water partition coefficient (Wildman–Crippen LogP) is 0.0761. The minimum Gasteiger partial charge on any atom is -0.497 e. The third kappa shape index (κ3) is 4.89. The van der Waals surface area contributed by atoms with Gasteiger partial charge in [-0.2, -0.15) is 0 Å². The molecule has 8 heteroatoms. The molecular formula is C20H28N5O3+. The Balaban J connectivity index is 1.52. The molecule has 0 unspecified atom stereocenters. The lowest BCUT2D eigenvalue weighted by Gasteiger charge is -2.32. The van der Waals surface area contributed by atoms with Gasteiger partial charge in [-0.25, -0.2) is 9.97 Å². The summed E-state index contributed by atoms with van der Waals surface area (Å²) >= 11 is 0. The Hall–Kier alpha value is -2.87. The van der Waals surface area contributed by atoms with Gasteiger partial charge in [-0.1, -0.05) is 0 Å². The molecule has 2 aromatic rings. The molecule has 1 amide bonds. The Bertz CT molecular complexity index is 779. The molecule has 1 aromatic carbocycles. The zero-order valence-electron chi connectivity index (χ0n) is 16.6. The van der Waals surface area contributed by atoms with Gasteiger partial charge in [0.15, 0.2) is 6.54 Å². The molecule has 2 N–H and O–H groups in total. The number of benzene rings is 1. The Morgan fingerprint density at radius 2 is 1.93 bits per heavy atom. The number of nitrogens with one attached hydrogen (secondary N) is 2. The van der Waals surface area contributed by atoms with E-state index in [-0.39, 0.29) is 11.9 Å². The quantitative estimate of drug-likeness (QED) is 0.701. The van der Waals surface area contributed by atoms with Crippen LogP contribution in [0.1, 0.15) is 18.5 Å². The predicted molar refractivity (Wildman–Crippen MR) is 106 cm³/mol. The van der Waals surface area contributed by atoms with Crippen molar-refractivity contribution < 1.29 is 19.2 Å². The first-order valence-electron chi connectivity index (χ1n) is 9.47. The summed E-state index contributed by atoms with van der Waals surface area (Å²) in [5.41, 5.74) is 0.899. The number of quaternary nitrogens is 1. The van der Waals surface area contributed by atoms with Gasteiger partial charge < -0.3 is 24.6 Å². The highest BCUT2D eigenvalue weighted by Gasteiger charge is 2.24. The summed E-state index contributed by atoms with van der Waals surface area (Å²) < 4.78 is 10.7. The second kappa shape index (κ2) is 9.36. The minimum absolute atomic E-state index is 0.0248. The molecule has 1 atom stereocenters. The fourth-order valence-corrected chi connectivity index (χ4v) is 3.43. The summed E-state index contributed by atoms with van der Waals surface area (Å²) in [5.74, 6) is 2.25. The van der Waals surface area contributed by atoms with Crippen molar-refractivity contribution in [3.8, 4) is 11.5 Å². The standard InChI is InChI=1S/C20H27N5O3/c1-15(17-13-16(27-2)5-6-18(17)28-3)23-19(26)14-24-9-11-25(12-10-24)20-21-7-4-8-22-20/h4-8,13,15H,9-12,14H2,1-3H3,(H,23,26)/p+1/t15-/m0/s1. The lowest BCUT2D eigenvalue weighted by atomic mass is 10.1. The van der Waals surface area contributed by atoms with Crippen LogP contribution >= 0.6 is 0 Å². The lowest BCUT2D eigenvalue weighted by molar-refractivity contribution is -0.892. The van der Waals surface area contributed by atoms with E-state index in [1.165, 1.54) is 4.90 Å². The fourth-order valence-electron chi connectivity index (χ4n) is 3.43. The van der Waals surface area contributed by atoms with Crippen molar-refractivity contribution in [2.24, 2.45) is 0 Å². The molecule has 3 rings (SSSR count). The second-order valence-electron chi connectivity index (χ2n) is 6.86. The summed E-state index contributed by atoms with van der Waals surface area (Å²) in [6, 6.07) is 7.24. The lowest BCUT2D eigenvalue weighted by Crippen LogP contribution is -3.16. The van der Waals surface area contributed by atoms with Crippen molar-refractivity contribution in [3.63, 3.8) is 0 Å². The summed E-state index contributed by atoms with van der Waals surface area (Å²) in [7, 11) is 3.25. The van der Waals surface area contributed by atoms with E-state index in [0.717, 1.165) is 49.2 Å². The SMILES string of the molecule is COc1ccc(OC)c([C@H](C)NC(=O)C[NH+]2CCN(c3ncccn3)CC2)c1. The summed E-state index contributed by atoms with van der Waals surface area (Å²) in [6.07, 6.45) is 3.51. The maximum atomic E-state index is 12.6. The molecule has 1 aliphatic rings. The largest absolute Gasteiger partial charge is 0.497 e. The number of ether oxygens (including phenoxy) is 2. The Morgan fingerprint density at radius 1 is 1.21 bits per heavy atom. The van der Waals surface area contributed by atoms with Crippen LogP contribution in [0.5, 0.6) is 11.5 Å². The van der Waals surface area contributed by atoms with Crippen LogP contribution in [0.15, 0.2) is 36.7 Å². The average Bonchev–Trinajstić information content (AvgIpc) is 2.74. The number of amides is 1. The number of methoxy groups -OCH3 is 2. The van der Waals surface area contributed by atoms with E-state index in [2.05, 4.69) is 20.2 Å². The van der Waals surface area contributed by atoms with Gasteiger partial charge in [0.25, 0.3) is 5.91 Å². The number of carbonyl (C=O) groups is 1. The van der Waals surface area contributed by atoms with E-state index in [4.69, 9.17) is 9.47 Å². The molecule has 150 valence electrons. The zero-order chi connectivity index (χ0) is 19.9. The van der Waals surface area contributed by atoms with Crippen molar-refractivity contribution in [1.29, 1.82) is 0 Å². The molecule has 1 aliphatic heterocycles. The Kier molecular flexibility index (Phi) is 6.65. The number of piperazine rings is 1. The monoisotopic (exact) mass is 386 g/mol. The van der Waals surface area contributed by atoms with Gasteiger partial charge in [0.05, 0.1) is 46.4 Å². The molecule has 1 saturated heterocycles. The first kappa shape index (κ1) is 19.9. The molecule has 8 nitrogen and oxygen atoms in total. The summed E-state index contributed by atoms with van der Waals surface area (Å²) in [4.78, 5) is 24.6. The van der Waals surface area contributed by atoms with Crippen molar-refractivity contribution in [2.45, 2.75) is 13.0 Å². The van der Waals surface area contributed by atoms with Gasteiger partial charge in [-0.15, -0.1) is 0 Å². The van der Waals surface area contributed by atoms with Crippen LogP contribution < -0.4 is 24.6 Å². The number of anilines is 1. The van der Waals surface area contributed by atoms with Gasteiger partial charge in [0.2, 0.25) is 5.95 Å². The van der Waals surface area contributed by atoms with Crippen molar-refractivity contribution in [2.75, 3.05) is 51.8 Å². The van der Waals surface area contributed by atoms with E-state index in [1.54, 1.807) is 26.6 Å². The van der Waals surface area contributed by atoms with Gasteiger partial charge in [0.1, 0.15) is 11.5 Å². The van der Waals surface area contributed by atoms with E-state index >= 15 is 0 Å². The molecule has 0 saturated carbocycles. The van der Waals surface area contributed by atoms with E-state index in [9.17, 15) is 4.79 Å². The highest BCUT2D eigenvalue weighted by molar-refractivity contribution is 5.77. The maximum Gasteiger partial charge on any atom is 0.275 e. The number of aromatic nitrogens is 2. The van der Waals surface area contributed by atoms with E-state index in [1.807, 2.05) is 31.2 Å². The highest BCUT2D eigenvalue weighted by atomic mass is 16.5. The van der Waals surface area contributed by atoms with Crippen LogP contribution in [0, 0.1) is 0 Å². The van der Waals surface area contributed by atoms with Crippen LogP contribution in [0.25, 0.3) is 0 Å². The first-order chi connectivity index (χ1) is 13.6. The normalized spacial score (nSPS) is 15.8. The van der Waals surface area contributed by atoms with E-state index < -0.39 is 0 Å². The molecule has 0 spiro atoms. The van der Waals surface area contributed by atoms with Crippen molar-refractivity contribution >= 4 is 11.9 Å². The molecular weight excluding hydrogens is 358 g/mol. The number of nitrogens with zero attached hydrogens (tertiary/aromatic N) is 3. The van der Waals surface area contributed by atoms with Crippen LogP contribution in [-0.2, 0) is 4.79 Å². The van der Waals surface area contributed by atoms with Crippen molar-refractivity contribution in [3.05, 3.63) is 42.2 Å². The number of hydrogen-bond donors (Lipinski definition) is 2. The highest BCUT2D eigenvalue weighted by Crippen LogP contribution is 2.29. The second-order valence-corrected chi connectivity index (χ2v) is 6.86. The smallest absolute Gasteiger partial charge is 0.275 e. The molecule has 1 aromatic heterocycles. The molecule has 28 heavy (non-hydrogen) atoms. The number of hydrogen-bond acceptors (Lipinski definition) is 6. The van der Waals surface area contributed by atoms with Crippen LogP contribution in [0.3, 0.4) is 0 Å². The molecule has 0 bridgehead atoms. The first-order valence-corrected chi connectivity index (χ1v) is 9.47. The Labute approximate surface area is 165 Å². The Morgan fingerprint density at radius 3 is 2.57 bits per heavy atom. The zero-order valence-corrected chi connectivity index (χ0v) is 16.6. The number of carbonyl (C=O) groups excluding carboxylic acids is 1.